The maximum atomic E-state index is 13.1. The standard InChI is InChI=1S/C29H20F3N3O/c30-29(31,32)23-10-7-11-24(18-23)33-28(36)26-19-27(35(34-26)25-12-5-2-6-13-25)22-16-14-21(15-17-22)20-8-3-1-4-9-20/h1-19H,(H,33,36). The van der Waals surface area contributed by atoms with Crippen molar-refractivity contribution in [3.63, 3.8) is 0 Å². The number of carbonyl (C=O) groups excluding carboxylic acids is 1. The maximum absolute atomic E-state index is 13.1. The number of benzene rings is 4. The van der Waals surface area contributed by atoms with E-state index in [1.807, 2.05) is 84.9 Å². The van der Waals surface area contributed by atoms with Crippen LogP contribution in [0.1, 0.15) is 16.1 Å². The van der Waals surface area contributed by atoms with E-state index in [1.165, 1.54) is 12.1 Å². The van der Waals surface area contributed by atoms with Gasteiger partial charge in [0.25, 0.3) is 5.91 Å². The van der Waals surface area contributed by atoms with Gasteiger partial charge in [-0.3, -0.25) is 4.79 Å². The molecule has 0 spiro atoms. The second-order valence-electron chi connectivity index (χ2n) is 8.14. The summed E-state index contributed by atoms with van der Waals surface area (Å²) >= 11 is 0. The maximum Gasteiger partial charge on any atom is 0.416 e. The Balaban J connectivity index is 1.49. The van der Waals surface area contributed by atoms with Crippen molar-refractivity contribution in [2.24, 2.45) is 0 Å². The van der Waals surface area contributed by atoms with Crippen LogP contribution in [0.25, 0.3) is 28.1 Å². The van der Waals surface area contributed by atoms with Crippen LogP contribution in [0.15, 0.2) is 115 Å². The Morgan fingerprint density at radius 1 is 0.694 bits per heavy atom. The van der Waals surface area contributed by atoms with Crippen LogP contribution in [-0.2, 0) is 6.18 Å². The molecule has 4 aromatic carbocycles. The normalized spacial score (nSPS) is 11.3. The van der Waals surface area contributed by atoms with Gasteiger partial charge in [-0.1, -0.05) is 78.9 Å². The molecule has 5 rings (SSSR count). The highest BCUT2D eigenvalue weighted by Crippen LogP contribution is 2.31. The van der Waals surface area contributed by atoms with Gasteiger partial charge in [0.05, 0.1) is 16.9 Å². The molecule has 1 aromatic heterocycles. The van der Waals surface area contributed by atoms with Gasteiger partial charge < -0.3 is 5.32 Å². The number of hydrogen-bond acceptors (Lipinski definition) is 2. The number of nitrogens with zero attached hydrogens (tertiary/aromatic N) is 2. The van der Waals surface area contributed by atoms with Crippen LogP contribution in [0, 0.1) is 0 Å². The quantitative estimate of drug-likeness (QED) is 0.282. The van der Waals surface area contributed by atoms with Gasteiger partial charge >= 0.3 is 6.18 Å². The molecule has 1 amide bonds. The fourth-order valence-electron chi connectivity index (χ4n) is 3.90. The Labute approximate surface area is 205 Å². The van der Waals surface area contributed by atoms with Crippen molar-refractivity contribution in [3.8, 4) is 28.1 Å². The summed E-state index contributed by atoms with van der Waals surface area (Å²) in [6, 6.07) is 33.3. The summed E-state index contributed by atoms with van der Waals surface area (Å²) in [4.78, 5) is 13.0. The second-order valence-corrected chi connectivity index (χ2v) is 8.14. The fourth-order valence-corrected chi connectivity index (χ4v) is 3.90. The highest BCUT2D eigenvalue weighted by Gasteiger charge is 2.30. The Kier molecular flexibility index (Phi) is 6.12. The number of carbonyl (C=O) groups is 1. The minimum atomic E-state index is -4.51. The van der Waals surface area contributed by atoms with Gasteiger partial charge in [-0.2, -0.15) is 18.3 Å². The number of amides is 1. The van der Waals surface area contributed by atoms with Crippen molar-refractivity contribution in [1.82, 2.24) is 9.78 Å². The lowest BCUT2D eigenvalue weighted by atomic mass is 10.0. The lowest BCUT2D eigenvalue weighted by molar-refractivity contribution is -0.137. The zero-order valence-electron chi connectivity index (χ0n) is 18.9. The molecule has 0 aliphatic carbocycles. The lowest BCUT2D eigenvalue weighted by Gasteiger charge is -2.09. The molecule has 0 saturated heterocycles. The number of hydrogen-bond donors (Lipinski definition) is 1. The highest BCUT2D eigenvalue weighted by atomic mass is 19.4. The van der Waals surface area contributed by atoms with Gasteiger partial charge in [0.15, 0.2) is 5.69 Å². The summed E-state index contributed by atoms with van der Waals surface area (Å²) in [5.74, 6) is -0.605. The average Bonchev–Trinajstić information content (AvgIpc) is 3.35. The van der Waals surface area contributed by atoms with Gasteiger partial charge in [-0.05, 0) is 47.5 Å². The first kappa shape index (κ1) is 23.1. The van der Waals surface area contributed by atoms with Gasteiger partial charge in [0.2, 0.25) is 0 Å². The molecular formula is C29H20F3N3O. The summed E-state index contributed by atoms with van der Waals surface area (Å²) < 4.78 is 40.9. The third-order valence-electron chi connectivity index (χ3n) is 5.68. The average molecular weight is 483 g/mol. The van der Waals surface area contributed by atoms with Gasteiger partial charge in [0.1, 0.15) is 0 Å². The van der Waals surface area contributed by atoms with Gasteiger partial charge in [-0.15, -0.1) is 0 Å². The van der Waals surface area contributed by atoms with Gasteiger partial charge in [0, 0.05) is 11.3 Å². The minimum Gasteiger partial charge on any atom is -0.321 e. The lowest BCUT2D eigenvalue weighted by Crippen LogP contribution is -2.14. The molecule has 0 bridgehead atoms. The molecule has 1 heterocycles. The number of anilines is 1. The Morgan fingerprint density at radius 2 is 1.31 bits per heavy atom. The summed E-state index contributed by atoms with van der Waals surface area (Å²) in [7, 11) is 0. The molecule has 0 saturated carbocycles. The zero-order chi connectivity index (χ0) is 25.1. The molecule has 1 N–H and O–H groups in total. The number of para-hydroxylation sites is 1. The number of halogens is 3. The van der Waals surface area contributed by atoms with E-state index >= 15 is 0 Å². The third-order valence-corrected chi connectivity index (χ3v) is 5.68. The summed E-state index contributed by atoms with van der Waals surface area (Å²) in [5, 5.41) is 7.02. The van der Waals surface area contributed by atoms with Crippen LogP contribution < -0.4 is 5.32 Å². The van der Waals surface area contributed by atoms with Crippen molar-refractivity contribution in [3.05, 3.63) is 127 Å². The molecule has 0 radical (unpaired) electrons. The zero-order valence-corrected chi connectivity index (χ0v) is 18.9. The molecule has 4 nitrogen and oxygen atoms in total. The van der Waals surface area contributed by atoms with Crippen molar-refractivity contribution >= 4 is 11.6 Å². The molecule has 0 fully saturated rings. The van der Waals surface area contributed by atoms with Gasteiger partial charge in [-0.25, -0.2) is 4.68 Å². The highest BCUT2D eigenvalue weighted by molar-refractivity contribution is 6.03. The van der Waals surface area contributed by atoms with Crippen LogP contribution in [0.3, 0.4) is 0 Å². The van der Waals surface area contributed by atoms with Crippen molar-refractivity contribution in [2.75, 3.05) is 5.32 Å². The molecule has 5 aromatic rings. The van der Waals surface area contributed by atoms with Crippen LogP contribution in [0.5, 0.6) is 0 Å². The first-order valence-electron chi connectivity index (χ1n) is 11.2. The molecule has 178 valence electrons. The Hall–Kier alpha value is -4.65. The molecule has 7 heteroatoms. The molecular weight excluding hydrogens is 463 g/mol. The van der Waals surface area contributed by atoms with E-state index in [-0.39, 0.29) is 11.4 Å². The third kappa shape index (κ3) is 4.90. The summed E-state index contributed by atoms with van der Waals surface area (Å²) in [6.45, 7) is 0. The minimum absolute atomic E-state index is 0.0397. The molecule has 0 aliphatic rings. The molecule has 0 atom stereocenters. The van der Waals surface area contributed by atoms with Crippen molar-refractivity contribution < 1.29 is 18.0 Å². The van der Waals surface area contributed by atoms with E-state index in [4.69, 9.17) is 0 Å². The van der Waals surface area contributed by atoms with E-state index in [0.29, 0.717) is 5.69 Å². The number of aromatic nitrogens is 2. The van der Waals surface area contributed by atoms with Crippen LogP contribution in [0.4, 0.5) is 18.9 Å². The SMILES string of the molecule is O=C(Nc1cccc(C(F)(F)F)c1)c1cc(-c2ccc(-c3ccccc3)cc2)n(-c2ccccc2)n1. The number of nitrogens with one attached hydrogen (secondary N) is 1. The topological polar surface area (TPSA) is 46.9 Å². The van der Waals surface area contributed by atoms with E-state index < -0.39 is 17.6 Å². The summed E-state index contributed by atoms with van der Waals surface area (Å²) in [6.07, 6.45) is -4.51. The van der Waals surface area contributed by atoms with Crippen LogP contribution in [-0.4, -0.2) is 15.7 Å². The monoisotopic (exact) mass is 483 g/mol. The first-order valence-corrected chi connectivity index (χ1v) is 11.2. The van der Waals surface area contributed by atoms with Crippen molar-refractivity contribution in [1.29, 1.82) is 0 Å². The van der Waals surface area contributed by atoms with E-state index in [2.05, 4.69) is 10.4 Å². The smallest absolute Gasteiger partial charge is 0.321 e. The Bertz CT molecular complexity index is 1490. The van der Waals surface area contributed by atoms with Crippen LogP contribution in [0.2, 0.25) is 0 Å². The van der Waals surface area contributed by atoms with E-state index in [0.717, 1.165) is 34.5 Å². The molecule has 0 aliphatic heterocycles. The van der Waals surface area contributed by atoms with Crippen LogP contribution >= 0.6 is 0 Å². The fraction of sp³-hybridized carbons (Fsp3) is 0.0345. The predicted octanol–water partition coefficient (Wildman–Crippen LogP) is 7.48. The Morgan fingerprint density at radius 3 is 1.97 bits per heavy atom. The molecule has 0 unspecified atom stereocenters. The predicted molar refractivity (Wildman–Crippen MR) is 134 cm³/mol. The largest absolute Gasteiger partial charge is 0.416 e. The molecule has 36 heavy (non-hydrogen) atoms. The van der Waals surface area contributed by atoms with Crippen molar-refractivity contribution in [2.45, 2.75) is 6.18 Å². The first-order chi connectivity index (χ1) is 17.4. The summed E-state index contributed by atoms with van der Waals surface area (Å²) in [5.41, 5.74) is 3.68. The van der Waals surface area contributed by atoms with E-state index in [9.17, 15) is 18.0 Å². The number of rotatable bonds is 5. The van der Waals surface area contributed by atoms with E-state index in [1.54, 1.807) is 10.7 Å². The number of alkyl halides is 3. The second kappa shape index (κ2) is 9.54.